The van der Waals surface area contributed by atoms with Gasteiger partial charge in [-0.25, -0.2) is 0 Å². The van der Waals surface area contributed by atoms with Crippen LogP contribution in [0.1, 0.15) is 5.56 Å². The van der Waals surface area contributed by atoms with Crippen molar-refractivity contribution in [3.8, 4) is 0 Å². The topological polar surface area (TPSA) is 37.3 Å². The summed E-state index contributed by atoms with van der Waals surface area (Å²) < 4.78 is 0. The van der Waals surface area contributed by atoms with Gasteiger partial charge in [0, 0.05) is 0 Å². The average molecular weight is 371 g/mol. The number of carbonyl (C=O) groups is 1. The van der Waals surface area contributed by atoms with Gasteiger partial charge in [0.05, 0.1) is 0 Å². The zero-order valence-corrected chi connectivity index (χ0v) is 15.4. The Morgan fingerprint density at radius 1 is 0.760 bits per heavy atom. The Bertz CT molecular complexity index is 811. The molecule has 128 valence electrons. The Labute approximate surface area is 152 Å². The first-order chi connectivity index (χ1) is 12.0. The number of halogens is 1. The molecule has 0 amide bonds. The van der Waals surface area contributed by atoms with E-state index in [0.29, 0.717) is 6.16 Å². The summed E-state index contributed by atoms with van der Waals surface area (Å²) in [7, 11) is 0. The van der Waals surface area contributed by atoms with Crippen LogP contribution < -0.4 is 10.6 Å². The molecule has 0 aliphatic heterocycles. The number of hydrogen-bond acceptors (Lipinski definition) is 1. The van der Waals surface area contributed by atoms with E-state index in [1.54, 1.807) is 0 Å². The number of hydrogen-bond donors (Lipinski definition) is 1. The second kappa shape index (κ2) is 7.00. The van der Waals surface area contributed by atoms with Crippen LogP contribution in [-0.2, 0) is 11.0 Å². The van der Waals surface area contributed by atoms with E-state index < -0.39 is 11.9 Å². The minimum absolute atomic E-state index is 0.0872. The molecule has 3 rings (SSSR count). The Hall–Kier alpha value is -2.15. The average Bonchev–Trinajstić information content (AvgIpc) is 2.63. The first-order valence-electron chi connectivity index (χ1n) is 8.12. The predicted octanol–water partition coefficient (Wildman–Crippen LogP) is 4.63. The van der Waals surface area contributed by atoms with Gasteiger partial charge in [-0.05, 0) is 0 Å². The monoisotopic (exact) mass is 370 g/mol. The molecule has 3 aromatic rings. The van der Waals surface area contributed by atoms with Crippen LogP contribution in [0.15, 0.2) is 91.0 Å². The number of rotatable bonds is 6. The van der Waals surface area contributed by atoms with Crippen molar-refractivity contribution >= 4 is 33.8 Å². The minimum atomic E-state index is -3.49. The van der Waals surface area contributed by atoms with Gasteiger partial charge >= 0.3 is 153 Å². The molecule has 0 aromatic heterocycles. The van der Waals surface area contributed by atoms with Gasteiger partial charge in [0.15, 0.2) is 0 Å². The Morgan fingerprint density at radius 2 is 1.16 bits per heavy atom. The fourth-order valence-electron chi connectivity index (χ4n) is 3.36. The molecule has 0 bridgehead atoms. The molecule has 0 heterocycles. The summed E-state index contributed by atoms with van der Waals surface area (Å²) in [6, 6.07) is 29.3. The summed E-state index contributed by atoms with van der Waals surface area (Å²) in [5, 5.41) is 11.6. The van der Waals surface area contributed by atoms with Crippen molar-refractivity contribution < 1.29 is 9.90 Å². The quantitative estimate of drug-likeness (QED) is 0.642. The van der Waals surface area contributed by atoms with Crippen molar-refractivity contribution in [3.05, 3.63) is 96.6 Å². The zero-order chi connectivity index (χ0) is 17.8. The van der Waals surface area contributed by atoms with Gasteiger partial charge in [0.1, 0.15) is 0 Å². The molecule has 0 spiro atoms. The van der Waals surface area contributed by atoms with Gasteiger partial charge in [-0.15, -0.1) is 0 Å². The maximum absolute atomic E-state index is 11.9. The molecule has 25 heavy (non-hydrogen) atoms. The van der Waals surface area contributed by atoms with Crippen LogP contribution in [0.5, 0.6) is 0 Å². The summed E-state index contributed by atoms with van der Waals surface area (Å²) >= 11 is 7.53. The second-order valence-corrected chi connectivity index (χ2v) is 13.1. The van der Waals surface area contributed by atoms with Crippen LogP contribution in [0.2, 0.25) is 0 Å². The Kier molecular flexibility index (Phi) is 4.94. The summed E-state index contributed by atoms with van der Waals surface area (Å²) in [5.41, 5.74) is 1.05. The van der Waals surface area contributed by atoms with E-state index in [1.165, 1.54) is 0 Å². The molecule has 0 saturated heterocycles. The van der Waals surface area contributed by atoms with E-state index in [9.17, 15) is 9.90 Å². The van der Waals surface area contributed by atoms with Crippen LogP contribution >= 0.6 is 17.2 Å². The van der Waals surface area contributed by atoms with Crippen molar-refractivity contribution in [3.63, 3.8) is 0 Å². The summed E-state index contributed by atoms with van der Waals surface area (Å²) in [6.45, 7) is 0. The van der Waals surface area contributed by atoms with Crippen LogP contribution in [-0.4, -0.2) is 17.2 Å². The summed E-state index contributed by atoms with van der Waals surface area (Å²) in [6.07, 6.45) is 0.421. The van der Waals surface area contributed by atoms with Gasteiger partial charge < -0.3 is 0 Å². The van der Waals surface area contributed by atoms with Crippen molar-refractivity contribution in [2.45, 2.75) is 6.16 Å². The molecule has 0 radical (unpaired) electrons. The number of carboxylic acids is 1. The fourth-order valence-corrected chi connectivity index (χ4v) is 9.14. The van der Waals surface area contributed by atoms with Crippen LogP contribution in [0.3, 0.4) is 0 Å². The molecular formula is C21H20ClO2P. The van der Waals surface area contributed by atoms with Crippen molar-refractivity contribution in [1.82, 2.24) is 0 Å². The second-order valence-electron chi connectivity index (χ2n) is 6.24. The van der Waals surface area contributed by atoms with Gasteiger partial charge in [0.2, 0.25) is 0 Å². The Balaban J connectivity index is 2.30. The first-order valence-corrected chi connectivity index (χ1v) is 11.6. The number of benzene rings is 3. The zero-order valence-electron chi connectivity index (χ0n) is 13.8. The molecule has 2 nitrogen and oxygen atoms in total. The number of carboxylic acid groups (broad SMARTS) is 1. The van der Waals surface area contributed by atoms with Crippen LogP contribution in [0, 0.1) is 0 Å². The molecule has 0 unspecified atom stereocenters. The van der Waals surface area contributed by atoms with Gasteiger partial charge in [-0.3, -0.25) is 0 Å². The van der Waals surface area contributed by atoms with Crippen molar-refractivity contribution in [2.75, 3.05) is 6.16 Å². The third-order valence-electron chi connectivity index (χ3n) is 4.52. The molecule has 0 saturated carbocycles. The number of aliphatic carboxylic acids is 1. The molecule has 4 heteroatoms. The van der Waals surface area contributed by atoms with Crippen LogP contribution in [0.4, 0.5) is 0 Å². The first kappa shape index (κ1) is 17.7. The van der Waals surface area contributed by atoms with E-state index in [1.807, 2.05) is 91.0 Å². The third kappa shape index (κ3) is 3.46. The molecule has 1 N–H and O–H groups in total. The summed E-state index contributed by atoms with van der Waals surface area (Å²) in [4.78, 5) is 11.9. The van der Waals surface area contributed by atoms with E-state index in [-0.39, 0.29) is 6.16 Å². The molecule has 0 aliphatic rings. The molecular weight excluding hydrogens is 351 g/mol. The maximum atomic E-state index is 11.9. The molecule has 0 aliphatic carbocycles. The van der Waals surface area contributed by atoms with E-state index >= 15 is 0 Å². The van der Waals surface area contributed by atoms with Gasteiger partial charge in [0.25, 0.3) is 0 Å². The van der Waals surface area contributed by atoms with E-state index in [4.69, 9.17) is 11.2 Å². The van der Waals surface area contributed by atoms with Gasteiger partial charge in [-0.1, -0.05) is 0 Å². The van der Waals surface area contributed by atoms with E-state index in [2.05, 4.69) is 0 Å². The van der Waals surface area contributed by atoms with Crippen LogP contribution in [0.25, 0.3) is 0 Å². The molecule has 0 fully saturated rings. The SMILES string of the molecule is O=C(O)CP(Cl)(Cc1ccccc1)(c1ccccc1)c1ccccc1. The molecule has 0 atom stereocenters. The fraction of sp³-hybridized carbons (Fsp3) is 0.0952. The standard InChI is InChI=1S/C21H20ClO2P/c22-25(17-21(23)24,19-12-6-2-7-13-19,20-14-8-3-9-15-20)16-18-10-4-1-5-11-18/h1-15H,16-17H2,(H,23,24). The van der Waals surface area contributed by atoms with Crippen molar-refractivity contribution in [2.24, 2.45) is 0 Å². The van der Waals surface area contributed by atoms with E-state index in [0.717, 1.165) is 16.2 Å². The Morgan fingerprint density at radius 3 is 1.56 bits per heavy atom. The van der Waals surface area contributed by atoms with Gasteiger partial charge in [-0.2, -0.15) is 0 Å². The predicted molar refractivity (Wildman–Crippen MR) is 108 cm³/mol. The third-order valence-corrected chi connectivity index (χ3v) is 11.3. The van der Waals surface area contributed by atoms with Crippen molar-refractivity contribution in [1.29, 1.82) is 0 Å². The summed E-state index contributed by atoms with van der Waals surface area (Å²) in [5.74, 6) is -4.36. The normalized spacial score (nSPS) is 12.9. The molecule has 3 aromatic carbocycles.